The van der Waals surface area contributed by atoms with E-state index in [9.17, 15) is 77.8 Å². The standard InChI is InChI=1S/6K.3H2O8S2/c;;;;;;3*1-9(2,3)7-8-10(4,5)6/h;;;;;;3*(H,1,2,3)(H,4,5,6)/q6*+1;;;/p-6. The SMILES string of the molecule is O=S(=O)([O-])OOS(=O)(=O)[O-].O=S(=O)([O-])OOS(=O)(=O)[O-].O=S(=O)([O-])OOS(=O)(=O)[O-].[K+].[K+].[K+].[K+].[K+].[K+]. The summed E-state index contributed by atoms with van der Waals surface area (Å²) in [6.45, 7) is 0. The zero-order chi connectivity index (χ0) is 25.2. The van der Waals surface area contributed by atoms with Crippen LogP contribution >= 0.6 is 0 Å². The summed E-state index contributed by atoms with van der Waals surface area (Å²) >= 11 is 0. The maximum Gasteiger partial charge on any atom is 1.00 e. The Kier molecular flexibility index (Phi) is 58.5. The summed E-state index contributed by atoms with van der Waals surface area (Å²) in [7, 11) is -31.9. The van der Waals surface area contributed by atoms with Gasteiger partial charge in [-0.3, -0.25) is 0 Å². The van der Waals surface area contributed by atoms with Gasteiger partial charge in [-0.25, -0.2) is 50.5 Å². The van der Waals surface area contributed by atoms with Crippen LogP contribution < -0.4 is 308 Å². The van der Waals surface area contributed by atoms with Crippen LogP contribution in [0.25, 0.3) is 0 Å². The molecule has 0 aromatic rings. The molecule has 36 heteroatoms. The smallest absolute Gasteiger partial charge is 0.724 e. The van der Waals surface area contributed by atoms with Crippen molar-refractivity contribution in [2.75, 3.05) is 0 Å². The first kappa shape index (κ1) is 67.3. The Bertz CT molecular complexity index is 905. The van der Waals surface area contributed by atoms with Crippen molar-refractivity contribution in [3.8, 4) is 0 Å². The fourth-order valence-electron chi connectivity index (χ4n) is 0.204. The van der Waals surface area contributed by atoms with Gasteiger partial charge in [-0.15, -0.1) is 26.0 Å². The number of hydrogen-bond donors (Lipinski definition) is 0. The minimum Gasteiger partial charge on any atom is -0.724 e. The molecule has 0 atom stereocenters. The molecule has 0 heterocycles. The van der Waals surface area contributed by atoms with Crippen molar-refractivity contribution in [1.29, 1.82) is 0 Å². The van der Waals surface area contributed by atoms with Gasteiger partial charge in [0, 0.05) is 0 Å². The zero-order valence-corrected chi connectivity index (χ0v) is 41.9. The van der Waals surface area contributed by atoms with Gasteiger partial charge in [0.25, 0.3) is 0 Å². The third-order valence-electron chi connectivity index (χ3n) is 0.583. The van der Waals surface area contributed by atoms with Crippen molar-refractivity contribution in [1.82, 2.24) is 0 Å². The molecule has 0 amide bonds. The zero-order valence-electron chi connectivity index (χ0n) is 18.2. The molecule has 0 aromatic heterocycles. The van der Waals surface area contributed by atoms with E-state index in [1.54, 1.807) is 0 Å². The Hall–Kier alpha value is 9.04. The molecule has 0 aliphatic rings. The minimum atomic E-state index is -5.31. The van der Waals surface area contributed by atoms with E-state index in [0.29, 0.717) is 0 Å². The molecular weight excluding hydrogens is 811 g/mol. The Morgan fingerprint density at radius 3 is 0.333 bits per heavy atom. The molecule has 0 rings (SSSR count). The molecular formula is K6O24S6. The molecule has 0 aromatic carbocycles. The second-order valence-electron chi connectivity index (χ2n) is 2.86. The molecule has 0 bridgehead atoms. The van der Waals surface area contributed by atoms with E-state index in [4.69, 9.17) is 0 Å². The van der Waals surface area contributed by atoms with Crippen LogP contribution in [0, 0.1) is 0 Å². The van der Waals surface area contributed by atoms with Gasteiger partial charge in [0.15, 0.2) is 0 Å². The van der Waals surface area contributed by atoms with Crippen molar-refractivity contribution in [3.63, 3.8) is 0 Å². The molecule has 0 unspecified atom stereocenters. The first-order valence-corrected chi connectivity index (χ1v) is 12.5. The largest absolute Gasteiger partial charge is 1.00 e. The predicted octanol–water partition coefficient (Wildman–Crippen LogP) is -24.4. The van der Waals surface area contributed by atoms with Crippen LogP contribution in [0.5, 0.6) is 0 Å². The Labute approximate surface area is 459 Å². The summed E-state index contributed by atoms with van der Waals surface area (Å²) in [6.07, 6.45) is 0. The molecule has 24 nitrogen and oxygen atoms in total. The third-order valence-corrected chi connectivity index (χ3v) is 2.25. The summed E-state index contributed by atoms with van der Waals surface area (Å²) in [4.78, 5) is 0. The maximum absolute atomic E-state index is 9.37. The van der Waals surface area contributed by atoms with Crippen LogP contribution in [0.4, 0.5) is 0 Å². The van der Waals surface area contributed by atoms with Crippen LogP contribution in [0.15, 0.2) is 0 Å². The van der Waals surface area contributed by atoms with Crippen molar-refractivity contribution in [2.45, 2.75) is 0 Å². The Morgan fingerprint density at radius 1 is 0.250 bits per heavy atom. The van der Waals surface area contributed by atoms with Crippen molar-refractivity contribution < 1.29 is 412 Å². The van der Waals surface area contributed by atoms with Gasteiger partial charge in [0.05, 0.1) is 0 Å². The Morgan fingerprint density at radius 2 is 0.306 bits per heavy atom. The van der Waals surface area contributed by atoms with Crippen LogP contribution in [-0.4, -0.2) is 77.8 Å². The molecule has 0 spiro atoms. The van der Waals surface area contributed by atoms with Crippen molar-refractivity contribution >= 4 is 62.4 Å². The van der Waals surface area contributed by atoms with Gasteiger partial charge in [-0.2, -0.15) is 0 Å². The molecule has 0 aliphatic carbocycles. The molecule has 0 fully saturated rings. The van der Waals surface area contributed by atoms with Gasteiger partial charge >= 0.3 is 308 Å². The first-order valence-electron chi connectivity index (χ1n) is 4.50. The summed E-state index contributed by atoms with van der Waals surface area (Å²) in [6, 6.07) is 0. The fourth-order valence-corrected chi connectivity index (χ4v) is 1.84. The van der Waals surface area contributed by atoms with Gasteiger partial charge in [0.2, 0.25) is 62.4 Å². The van der Waals surface area contributed by atoms with Crippen LogP contribution in [0.3, 0.4) is 0 Å². The van der Waals surface area contributed by atoms with Crippen molar-refractivity contribution in [2.24, 2.45) is 0 Å². The van der Waals surface area contributed by atoms with E-state index < -0.39 is 62.4 Å². The van der Waals surface area contributed by atoms with Crippen molar-refractivity contribution in [3.05, 3.63) is 0 Å². The summed E-state index contributed by atoms with van der Waals surface area (Å²) in [5, 5.41) is 0. The van der Waals surface area contributed by atoms with E-state index in [1.165, 1.54) is 0 Å². The summed E-state index contributed by atoms with van der Waals surface area (Å²) in [5.74, 6) is 0. The summed E-state index contributed by atoms with van der Waals surface area (Å²) < 4.78 is 184. The normalized spacial score (nSPS) is 11.2. The molecule has 0 N–H and O–H groups in total. The molecule has 186 valence electrons. The fraction of sp³-hybridized carbons (Fsp3) is 0. The van der Waals surface area contributed by atoms with E-state index in [2.05, 4.69) is 26.0 Å². The quantitative estimate of drug-likeness (QED) is 0.0685. The van der Waals surface area contributed by atoms with Crippen LogP contribution in [-0.2, 0) is 88.4 Å². The maximum atomic E-state index is 9.37. The third kappa shape index (κ3) is 84.3. The van der Waals surface area contributed by atoms with Gasteiger partial charge < -0.3 is 27.3 Å². The predicted molar refractivity (Wildman–Crippen MR) is 64.7 cm³/mol. The second kappa shape index (κ2) is 31.3. The topological polar surface area (TPSA) is 399 Å². The van der Waals surface area contributed by atoms with Gasteiger partial charge in [0.1, 0.15) is 0 Å². The van der Waals surface area contributed by atoms with E-state index >= 15 is 0 Å². The van der Waals surface area contributed by atoms with E-state index in [1.807, 2.05) is 0 Å². The van der Waals surface area contributed by atoms with Gasteiger partial charge in [-0.05, 0) is 0 Å². The Balaban J connectivity index is -0.0000000401. The van der Waals surface area contributed by atoms with Gasteiger partial charge in [-0.1, -0.05) is 0 Å². The minimum absolute atomic E-state index is 0. The number of rotatable bonds is 9. The molecule has 0 saturated carbocycles. The average Bonchev–Trinajstić information content (AvgIpc) is 2.38. The first-order chi connectivity index (χ1) is 12.6. The second-order valence-corrected chi connectivity index (χ2v) is 8.57. The molecule has 0 aliphatic heterocycles. The molecule has 0 saturated heterocycles. The summed E-state index contributed by atoms with van der Waals surface area (Å²) in [5.41, 5.74) is 0. The average molecular weight is 811 g/mol. The van der Waals surface area contributed by atoms with E-state index in [0.717, 1.165) is 0 Å². The van der Waals surface area contributed by atoms with Crippen LogP contribution in [0.2, 0.25) is 0 Å². The van der Waals surface area contributed by atoms with E-state index in [-0.39, 0.29) is 308 Å². The number of hydrogen-bond acceptors (Lipinski definition) is 24. The molecule has 0 radical (unpaired) electrons. The monoisotopic (exact) mass is 809 g/mol. The molecule has 36 heavy (non-hydrogen) atoms. The van der Waals surface area contributed by atoms with Crippen LogP contribution in [0.1, 0.15) is 0 Å².